The first kappa shape index (κ1) is 16.7. The molecule has 0 spiro atoms. The highest BCUT2D eigenvalue weighted by molar-refractivity contribution is 7.10. The second kappa shape index (κ2) is 7.54. The third-order valence-electron chi connectivity index (χ3n) is 2.87. The maximum Gasteiger partial charge on any atom is 0.314 e. The van der Waals surface area contributed by atoms with Crippen LogP contribution >= 0.6 is 11.3 Å². The number of aromatic nitrogens is 1. The van der Waals surface area contributed by atoms with Gasteiger partial charge in [0.15, 0.2) is 5.82 Å². The van der Waals surface area contributed by atoms with Crippen molar-refractivity contribution in [1.82, 2.24) is 10.5 Å². The lowest BCUT2D eigenvalue weighted by Crippen LogP contribution is -2.38. The van der Waals surface area contributed by atoms with Crippen LogP contribution in [0.2, 0.25) is 0 Å². The Morgan fingerprint density at radius 2 is 2.17 bits per heavy atom. The maximum absolute atomic E-state index is 12.0. The van der Waals surface area contributed by atoms with Crippen molar-refractivity contribution in [2.75, 3.05) is 12.4 Å². The van der Waals surface area contributed by atoms with Gasteiger partial charge in [0.1, 0.15) is 5.76 Å². The van der Waals surface area contributed by atoms with Crippen LogP contribution in [-0.2, 0) is 19.1 Å². The summed E-state index contributed by atoms with van der Waals surface area (Å²) in [7, 11) is 1.26. The van der Waals surface area contributed by atoms with E-state index >= 15 is 0 Å². The molecule has 0 unspecified atom stereocenters. The molecular weight excluding hydrogens is 322 g/mol. The smallest absolute Gasteiger partial charge is 0.314 e. The molecule has 2 aromatic rings. The van der Waals surface area contributed by atoms with E-state index in [1.54, 1.807) is 19.1 Å². The van der Waals surface area contributed by atoms with Gasteiger partial charge in [-0.05, 0) is 18.4 Å². The first-order valence-electron chi connectivity index (χ1n) is 6.65. The van der Waals surface area contributed by atoms with Crippen LogP contribution in [-0.4, -0.2) is 30.1 Å². The highest BCUT2D eigenvalue weighted by Crippen LogP contribution is 2.22. The van der Waals surface area contributed by atoms with E-state index in [1.165, 1.54) is 24.5 Å². The SMILES string of the molecule is COC(=O)C[C@H](NC(=O)C(=O)Nc1cc(C)on1)c1cccs1. The van der Waals surface area contributed by atoms with E-state index in [0.717, 1.165) is 4.88 Å². The van der Waals surface area contributed by atoms with Crippen LogP contribution in [0.15, 0.2) is 28.1 Å². The monoisotopic (exact) mass is 337 g/mol. The minimum Gasteiger partial charge on any atom is -0.469 e. The summed E-state index contributed by atoms with van der Waals surface area (Å²) in [5.41, 5.74) is 0. The molecule has 0 radical (unpaired) electrons. The molecule has 0 bridgehead atoms. The minimum absolute atomic E-state index is 0.0703. The molecule has 2 heterocycles. The van der Waals surface area contributed by atoms with E-state index < -0.39 is 23.8 Å². The number of carbonyl (C=O) groups is 3. The molecule has 2 N–H and O–H groups in total. The van der Waals surface area contributed by atoms with E-state index in [0.29, 0.717) is 5.76 Å². The van der Waals surface area contributed by atoms with Gasteiger partial charge in [-0.15, -0.1) is 11.3 Å². The maximum atomic E-state index is 12.0. The Morgan fingerprint density at radius 1 is 1.39 bits per heavy atom. The zero-order chi connectivity index (χ0) is 16.8. The number of esters is 1. The number of aryl methyl sites for hydroxylation is 1. The Bertz CT molecular complexity index is 695. The standard InChI is InChI=1S/C14H15N3O5S/c1-8-6-11(17-22-8)16-14(20)13(19)15-9(7-12(18)21-2)10-4-3-5-23-10/h3-6,9H,7H2,1-2H3,(H,15,19)(H,16,17,20)/t9-/m0/s1. The fourth-order valence-corrected chi connectivity index (χ4v) is 2.56. The van der Waals surface area contributed by atoms with Crippen molar-refractivity contribution in [1.29, 1.82) is 0 Å². The summed E-state index contributed by atoms with van der Waals surface area (Å²) in [6.45, 7) is 1.66. The molecule has 1 atom stereocenters. The highest BCUT2D eigenvalue weighted by Gasteiger charge is 2.24. The van der Waals surface area contributed by atoms with E-state index in [1.807, 2.05) is 5.38 Å². The number of hydrogen-bond donors (Lipinski definition) is 2. The summed E-state index contributed by atoms with van der Waals surface area (Å²) in [5.74, 6) is -1.62. The molecule has 0 saturated carbocycles. The second-order valence-corrected chi connectivity index (χ2v) is 5.58. The fourth-order valence-electron chi connectivity index (χ4n) is 1.78. The first-order valence-corrected chi connectivity index (χ1v) is 7.53. The lowest BCUT2D eigenvalue weighted by Gasteiger charge is -2.15. The van der Waals surface area contributed by atoms with Crippen LogP contribution in [0.25, 0.3) is 0 Å². The quantitative estimate of drug-likeness (QED) is 0.630. The predicted molar refractivity (Wildman–Crippen MR) is 81.7 cm³/mol. The van der Waals surface area contributed by atoms with Crippen LogP contribution in [0.3, 0.4) is 0 Å². The number of amides is 2. The Labute approximate surface area is 135 Å². The molecule has 0 aliphatic carbocycles. The largest absolute Gasteiger partial charge is 0.469 e. The normalized spacial score (nSPS) is 11.6. The number of ether oxygens (including phenoxy) is 1. The minimum atomic E-state index is -0.898. The number of nitrogens with one attached hydrogen (secondary N) is 2. The van der Waals surface area contributed by atoms with Crippen molar-refractivity contribution >= 4 is 34.9 Å². The number of nitrogens with zero attached hydrogens (tertiary/aromatic N) is 1. The second-order valence-electron chi connectivity index (χ2n) is 4.60. The summed E-state index contributed by atoms with van der Waals surface area (Å²) in [5, 5.41) is 10.2. The van der Waals surface area contributed by atoms with Gasteiger partial charge < -0.3 is 14.6 Å². The van der Waals surface area contributed by atoms with Gasteiger partial charge in [0, 0.05) is 10.9 Å². The van der Waals surface area contributed by atoms with Crippen LogP contribution in [0.1, 0.15) is 23.1 Å². The molecule has 0 saturated heterocycles. The van der Waals surface area contributed by atoms with Crippen molar-refractivity contribution in [2.24, 2.45) is 0 Å². The van der Waals surface area contributed by atoms with Crippen molar-refractivity contribution in [3.05, 3.63) is 34.2 Å². The first-order chi connectivity index (χ1) is 11.0. The fraction of sp³-hybridized carbons (Fsp3) is 0.286. The van der Waals surface area contributed by atoms with Crippen molar-refractivity contribution in [3.8, 4) is 0 Å². The van der Waals surface area contributed by atoms with Gasteiger partial charge in [0.05, 0.1) is 19.6 Å². The molecule has 2 amide bonds. The summed E-state index contributed by atoms with van der Waals surface area (Å²) in [4.78, 5) is 36.1. The third kappa shape index (κ3) is 4.65. The molecule has 8 nitrogen and oxygen atoms in total. The van der Waals surface area contributed by atoms with Crippen LogP contribution in [0, 0.1) is 6.92 Å². The Hall–Kier alpha value is -2.68. The number of rotatable bonds is 5. The number of thiophene rings is 1. The van der Waals surface area contributed by atoms with Crippen molar-refractivity contribution < 1.29 is 23.6 Å². The topological polar surface area (TPSA) is 111 Å². The summed E-state index contributed by atoms with van der Waals surface area (Å²) in [6, 6.07) is 4.39. The van der Waals surface area contributed by atoms with Gasteiger partial charge in [-0.25, -0.2) is 0 Å². The number of anilines is 1. The highest BCUT2D eigenvalue weighted by atomic mass is 32.1. The predicted octanol–water partition coefficient (Wildman–Crippen LogP) is 1.40. The van der Waals surface area contributed by atoms with Gasteiger partial charge in [0.2, 0.25) is 0 Å². The van der Waals surface area contributed by atoms with Crippen LogP contribution in [0.5, 0.6) is 0 Å². The average molecular weight is 337 g/mol. The van der Waals surface area contributed by atoms with Crippen molar-refractivity contribution in [2.45, 2.75) is 19.4 Å². The van der Waals surface area contributed by atoms with Crippen LogP contribution in [0.4, 0.5) is 5.82 Å². The Balaban J connectivity index is 2.01. The Kier molecular flexibility index (Phi) is 5.47. The van der Waals surface area contributed by atoms with E-state index in [4.69, 9.17) is 4.52 Å². The van der Waals surface area contributed by atoms with Gasteiger partial charge in [-0.3, -0.25) is 19.7 Å². The third-order valence-corrected chi connectivity index (χ3v) is 3.85. The molecule has 2 aromatic heterocycles. The zero-order valence-corrected chi connectivity index (χ0v) is 13.3. The molecule has 2 rings (SSSR count). The van der Waals surface area contributed by atoms with Crippen LogP contribution < -0.4 is 10.6 Å². The van der Waals surface area contributed by atoms with E-state index in [2.05, 4.69) is 20.5 Å². The van der Waals surface area contributed by atoms with E-state index in [9.17, 15) is 14.4 Å². The lowest BCUT2D eigenvalue weighted by atomic mass is 10.1. The van der Waals surface area contributed by atoms with E-state index in [-0.39, 0.29) is 12.2 Å². The van der Waals surface area contributed by atoms with Gasteiger partial charge in [-0.1, -0.05) is 11.2 Å². The van der Waals surface area contributed by atoms with Crippen molar-refractivity contribution in [3.63, 3.8) is 0 Å². The van der Waals surface area contributed by atoms with Gasteiger partial charge in [0.25, 0.3) is 0 Å². The molecule has 122 valence electrons. The summed E-state index contributed by atoms with van der Waals surface area (Å²) < 4.78 is 9.41. The van der Waals surface area contributed by atoms with Gasteiger partial charge >= 0.3 is 17.8 Å². The summed E-state index contributed by atoms with van der Waals surface area (Å²) >= 11 is 1.36. The lowest BCUT2D eigenvalue weighted by molar-refractivity contribution is -0.142. The summed E-state index contributed by atoms with van der Waals surface area (Å²) in [6.07, 6.45) is -0.0703. The van der Waals surface area contributed by atoms with Gasteiger partial charge in [-0.2, -0.15) is 0 Å². The number of hydrogen-bond acceptors (Lipinski definition) is 7. The number of carbonyl (C=O) groups excluding carboxylic acids is 3. The number of methoxy groups -OCH3 is 1. The Morgan fingerprint density at radius 3 is 2.74 bits per heavy atom. The molecular formula is C14H15N3O5S. The molecule has 0 aliphatic heterocycles. The molecule has 0 aliphatic rings. The zero-order valence-electron chi connectivity index (χ0n) is 12.5. The molecule has 9 heteroatoms. The average Bonchev–Trinajstić information content (AvgIpc) is 3.18. The molecule has 0 fully saturated rings. The molecule has 0 aromatic carbocycles. The molecule has 23 heavy (non-hydrogen) atoms.